The molecular weight excluding hydrogens is 260 g/mol. The van der Waals surface area contributed by atoms with Gasteiger partial charge in [0.2, 0.25) is 0 Å². The van der Waals surface area contributed by atoms with E-state index in [0.717, 1.165) is 19.4 Å². The second-order valence-corrected chi connectivity index (χ2v) is 8.42. The van der Waals surface area contributed by atoms with Gasteiger partial charge >= 0.3 is 0 Å². The lowest BCUT2D eigenvalue weighted by atomic mass is 9.75. The van der Waals surface area contributed by atoms with E-state index < -0.39 is 9.84 Å². The first-order valence-corrected chi connectivity index (χ1v) is 9.37. The molecule has 0 aliphatic heterocycles. The summed E-state index contributed by atoms with van der Waals surface area (Å²) in [5.74, 6) is 1.18. The summed E-state index contributed by atoms with van der Waals surface area (Å²) in [6, 6.07) is 0. The molecule has 0 bridgehead atoms. The van der Waals surface area contributed by atoms with Gasteiger partial charge in [0.25, 0.3) is 0 Å². The number of likely N-dealkylation sites (N-methyl/N-ethyl adjacent to an activating group) is 1. The molecule has 1 aliphatic rings. The molecule has 5 heteroatoms. The van der Waals surface area contributed by atoms with Crippen molar-refractivity contribution in [1.29, 1.82) is 0 Å². The van der Waals surface area contributed by atoms with Crippen molar-refractivity contribution >= 4 is 9.84 Å². The van der Waals surface area contributed by atoms with Crippen molar-refractivity contribution in [3.8, 4) is 0 Å². The molecule has 0 radical (unpaired) electrons. The van der Waals surface area contributed by atoms with Crippen molar-refractivity contribution in [2.24, 2.45) is 11.7 Å². The number of hydrogen-bond acceptors (Lipinski definition) is 4. The van der Waals surface area contributed by atoms with Crippen LogP contribution < -0.4 is 5.73 Å². The fourth-order valence-corrected chi connectivity index (χ4v) is 4.15. The summed E-state index contributed by atoms with van der Waals surface area (Å²) in [6.07, 6.45) is 4.68. The lowest BCUT2D eigenvalue weighted by Crippen LogP contribution is -2.57. The summed E-state index contributed by atoms with van der Waals surface area (Å²) >= 11 is 0. The smallest absolute Gasteiger partial charge is 0.151 e. The zero-order chi connectivity index (χ0) is 14.5. The molecule has 1 saturated carbocycles. The summed E-state index contributed by atoms with van der Waals surface area (Å²) in [6.45, 7) is 8.24. The monoisotopic (exact) mass is 290 g/mol. The van der Waals surface area contributed by atoms with Crippen LogP contribution in [0.4, 0.5) is 0 Å². The minimum Gasteiger partial charge on any atom is -0.329 e. The summed E-state index contributed by atoms with van der Waals surface area (Å²) in [5.41, 5.74) is 6.08. The Morgan fingerprint density at radius 2 is 2.05 bits per heavy atom. The fraction of sp³-hybridized carbons (Fsp3) is 1.00. The molecular formula is C14H30N2O2S. The van der Waals surface area contributed by atoms with Crippen LogP contribution in [0.1, 0.15) is 46.5 Å². The zero-order valence-corrected chi connectivity index (χ0v) is 13.5. The van der Waals surface area contributed by atoms with Gasteiger partial charge < -0.3 is 5.73 Å². The van der Waals surface area contributed by atoms with Gasteiger partial charge in [0, 0.05) is 24.4 Å². The van der Waals surface area contributed by atoms with Gasteiger partial charge in [0.15, 0.2) is 9.84 Å². The number of sulfone groups is 1. The lowest BCUT2D eigenvalue weighted by Gasteiger charge is -2.47. The van der Waals surface area contributed by atoms with Crippen molar-refractivity contribution in [1.82, 2.24) is 4.90 Å². The van der Waals surface area contributed by atoms with E-state index >= 15 is 0 Å². The predicted molar refractivity (Wildman–Crippen MR) is 81.0 cm³/mol. The molecule has 2 unspecified atom stereocenters. The molecule has 2 N–H and O–H groups in total. The number of nitrogens with zero attached hydrogens (tertiary/aromatic N) is 1. The third-order valence-electron chi connectivity index (χ3n) is 4.61. The molecule has 0 amide bonds. The molecule has 1 rings (SSSR count). The first-order chi connectivity index (χ1) is 8.89. The lowest BCUT2D eigenvalue weighted by molar-refractivity contribution is 0.0485. The van der Waals surface area contributed by atoms with Crippen molar-refractivity contribution in [3.05, 3.63) is 0 Å². The van der Waals surface area contributed by atoms with Gasteiger partial charge in [0.05, 0.1) is 5.75 Å². The van der Waals surface area contributed by atoms with E-state index in [2.05, 4.69) is 18.7 Å². The molecule has 114 valence electrons. The normalized spacial score (nSPS) is 28.8. The molecule has 0 aromatic heterocycles. The Bertz CT molecular complexity index is 370. The van der Waals surface area contributed by atoms with Gasteiger partial charge in [0.1, 0.15) is 0 Å². The topological polar surface area (TPSA) is 63.4 Å². The first-order valence-electron chi connectivity index (χ1n) is 7.54. The predicted octanol–water partition coefficient (Wildman–Crippen LogP) is 1.65. The van der Waals surface area contributed by atoms with Crippen LogP contribution in [-0.2, 0) is 9.84 Å². The highest BCUT2D eigenvalue weighted by atomic mass is 32.2. The maximum absolute atomic E-state index is 11.7. The van der Waals surface area contributed by atoms with Crippen molar-refractivity contribution < 1.29 is 8.42 Å². The van der Waals surface area contributed by atoms with Gasteiger partial charge in [-0.1, -0.05) is 33.6 Å². The van der Waals surface area contributed by atoms with Crippen LogP contribution >= 0.6 is 0 Å². The standard InChI is InChI=1S/C14H30N2O2S/c1-4-16(9-10-19(17,18)5-2)14(12-15)8-6-7-13(3)11-14/h13H,4-12,15H2,1-3H3. The number of nitrogens with two attached hydrogens (primary N) is 1. The maximum atomic E-state index is 11.7. The van der Waals surface area contributed by atoms with Gasteiger partial charge in [-0.3, -0.25) is 4.90 Å². The first kappa shape index (κ1) is 16.9. The maximum Gasteiger partial charge on any atom is 0.151 e. The van der Waals surface area contributed by atoms with Gasteiger partial charge in [-0.05, 0) is 25.3 Å². The van der Waals surface area contributed by atoms with Crippen LogP contribution in [0.5, 0.6) is 0 Å². The van der Waals surface area contributed by atoms with Gasteiger partial charge in [-0.25, -0.2) is 8.42 Å². The Kier molecular flexibility index (Phi) is 6.27. The Labute approximate surface area is 118 Å². The molecule has 1 fully saturated rings. The Hall–Kier alpha value is -0.130. The highest BCUT2D eigenvalue weighted by molar-refractivity contribution is 7.91. The average molecular weight is 290 g/mol. The molecule has 4 nitrogen and oxygen atoms in total. The molecule has 1 aliphatic carbocycles. The third-order valence-corrected chi connectivity index (χ3v) is 6.30. The summed E-state index contributed by atoms with van der Waals surface area (Å²) in [5, 5.41) is 0. The molecule has 0 aromatic rings. The van der Waals surface area contributed by atoms with E-state index in [1.165, 1.54) is 12.8 Å². The van der Waals surface area contributed by atoms with Crippen molar-refractivity contribution in [2.75, 3.05) is 31.1 Å². The van der Waals surface area contributed by atoms with E-state index in [9.17, 15) is 8.42 Å². The van der Waals surface area contributed by atoms with Crippen molar-refractivity contribution in [3.63, 3.8) is 0 Å². The third kappa shape index (κ3) is 4.43. The van der Waals surface area contributed by atoms with E-state index in [0.29, 0.717) is 19.0 Å². The van der Waals surface area contributed by atoms with E-state index in [1.807, 2.05) is 0 Å². The quantitative estimate of drug-likeness (QED) is 0.774. The van der Waals surface area contributed by atoms with Gasteiger partial charge in [-0.2, -0.15) is 0 Å². The Morgan fingerprint density at radius 1 is 1.37 bits per heavy atom. The zero-order valence-electron chi connectivity index (χ0n) is 12.7. The highest BCUT2D eigenvalue weighted by Crippen LogP contribution is 2.36. The van der Waals surface area contributed by atoms with Crippen LogP contribution in [0.2, 0.25) is 0 Å². The Balaban J connectivity index is 2.75. The van der Waals surface area contributed by atoms with Crippen LogP contribution in [0.15, 0.2) is 0 Å². The van der Waals surface area contributed by atoms with Crippen LogP contribution in [0.25, 0.3) is 0 Å². The second kappa shape index (κ2) is 7.04. The molecule has 0 spiro atoms. The average Bonchev–Trinajstić information content (AvgIpc) is 2.39. The van der Waals surface area contributed by atoms with E-state index in [-0.39, 0.29) is 17.0 Å². The van der Waals surface area contributed by atoms with Crippen molar-refractivity contribution in [2.45, 2.75) is 52.0 Å². The summed E-state index contributed by atoms with van der Waals surface area (Å²) in [7, 11) is -2.89. The molecule has 19 heavy (non-hydrogen) atoms. The number of hydrogen-bond donors (Lipinski definition) is 1. The Morgan fingerprint density at radius 3 is 2.53 bits per heavy atom. The SMILES string of the molecule is CCN(CCS(=O)(=O)CC)C1(CN)CCCC(C)C1. The largest absolute Gasteiger partial charge is 0.329 e. The minimum absolute atomic E-state index is 0.0235. The molecule has 0 heterocycles. The van der Waals surface area contributed by atoms with Crippen LogP contribution in [-0.4, -0.2) is 50.0 Å². The summed E-state index contributed by atoms with van der Waals surface area (Å²) < 4.78 is 23.4. The second-order valence-electron chi connectivity index (χ2n) is 5.95. The summed E-state index contributed by atoms with van der Waals surface area (Å²) in [4.78, 5) is 2.32. The molecule has 2 atom stereocenters. The van der Waals surface area contributed by atoms with E-state index in [4.69, 9.17) is 5.73 Å². The molecule has 0 saturated heterocycles. The van der Waals surface area contributed by atoms with Gasteiger partial charge in [-0.15, -0.1) is 0 Å². The fourth-order valence-electron chi connectivity index (χ4n) is 3.36. The number of rotatable bonds is 7. The van der Waals surface area contributed by atoms with E-state index in [1.54, 1.807) is 6.92 Å². The minimum atomic E-state index is -2.89. The highest BCUT2D eigenvalue weighted by Gasteiger charge is 2.38. The van der Waals surface area contributed by atoms with Crippen LogP contribution in [0.3, 0.4) is 0 Å². The molecule has 0 aromatic carbocycles. The van der Waals surface area contributed by atoms with Crippen LogP contribution in [0, 0.1) is 5.92 Å².